The van der Waals surface area contributed by atoms with Gasteiger partial charge in [-0.2, -0.15) is 0 Å². The Kier molecular flexibility index (Phi) is 5.65. The van der Waals surface area contributed by atoms with Crippen LogP contribution in [0.2, 0.25) is 0 Å². The largest absolute Gasteiger partial charge is 0.377 e. The third-order valence-electron chi connectivity index (χ3n) is 5.50. The van der Waals surface area contributed by atoms with Crippen molar-refractivity contribution >= 4 is 28.9 Å². The van der Waals surface area contributed by atoms with Crippen LogP contribution in [0.4, 0.5) is 17.1 Å². The molecule has 2 fully saturated rings. The Morgan fingerprint density at radius 3 is 2.53 bits per heavy atom. The first-order chi connectivity index (χ1) is 14.5. The SMILES string of the molecule is O=C(Nc1ccccc1)C1CCCN(C(=O)c2ccc(NC3CC3)c([N+](=O)[O-])c2)C1. The van der Waals surface area contributed by atoms with Crippen molar-refractivity contribution in [3.8, 4) is 0 Å². The molecule has 1 saturated heterocycles. The van der Waals surface area contributed by atoms with Crippen LogP contribution in [-0.4, -0.2) is 40.8 Å². The Balaban J connectivity index is 1.45. The molecule has 1 heterocycles. The molecule has 1 unspecified atom stereocenters. The first kappa shape index (κ1) is 19.9. The van der Waals surface area contributed by atoms with E-state index in [1.54, 1.807) is 17.0 Å². The molecule has 0 radical (unpaired) electrons. The number of amides is 2. The molecule has 30 heavy (non-hydrogen) atoms. The maximum Gasteiger partial charge on any atom is 0.293 e. The highest BCUT2D eigenvalue weighted by Crippen LogP contribution is 2.32. The van der Waals surface area contributed by atoms with Gasteiger partial charge in [-0.1, -0.05) is 18.2 Å². The van der Waals surface area contributed by atoms with Crippen molar-refractivity contribution in [2.75, 3.05) is 23.7 Å². The lowest BCUT2D eigenvalue weighted by molar-refractivity contribution is -0.384. The number of hydrogen-bond acceptors (Lipinski definition) is 5. The van der Waals surface area contributed by atoms with E-state index < -0.39 is 4.92 Å². The maximum atomic E-state index is 13.0. The lowest BCUT2D eigenvalue weighted by Gasteiger charge is -2.32. The number of nitro groups is 1. The van der Waals surface area contributed by atoms with Crippen LogP contribution in [0.5, 0.6) is 0 Å². The number of carbonyl (C=O) groups excluding carboxylic acids is 2. The van der Waals surface area contributed by atoms with Gasteiger partial charge < -0.3 is 15.5 Å². The van der Waals surface area contributed by atoms with E-state index in [0.717, 1.165) is 18.5 Å². The molecule has 2 aromatic rings. The number of carbonyl (C=O) groups is 2. The highest BCUT2D eigenvalue weighted by molar-refractivity contribution is 5.97. The molecule has 1 saturated carbocycles. The van der Waals surface area contributed by atoms with E-state index in [-0.39, 0.29) is 35.0 Å². The molecule has 1 atom stereocenters. The van der Waals surface area contributed by atoms with Gasteiger partial charge in [0.15, 0.2) is 0 Å². The molecule has 0 bridgehead atoms. The zero-order chi connectivity index (χ0) is 21.1. The van der Waals surface area contributed by atoms with Crippen LogP contribution in [-0.2, 0) is 4.79 Å². The minimum atomic E-state index is -0.464. The summed E-state index contributed by atoms with van der Waals surface area (Å²) < 4.78 is 0. The molecule has 1 aliphatic heterocycles. The highest BCUT2D eigenvalue weighted by Gasteiger charge is 2.30. The van der Waals surface area contributed by atoms with E-state index in [9.17, 15) is 19.7 Å². The van der Waals surface area contributed by atoms with E-state index in [1.807, 2.05) is 30.3 Å². The Morgan fingerprint density at radius 1 is 1.07 bits per heavy atom. The summed E-state index contributed by atoms with van der Waals surface area (Å²) in [7, 11) is 0. The molecule has 2 aliphatic rings. The van der Waals surface area contributed by atoms with Crippen molar-refractivity contribution in [2.24, 2.45) is 5.92 Å². The molecule has 2 aromatic carbocycles. The summed E-state index contributed by atoms with van der Waals surface area (Å²) in [6, 6.07) is 14.0. The molecule has 4 rings (SSSR count). The number of piperidine rings is 1. The summed E-state index contributed by atoms with van der Waals surface area (Å²) >= 11 is 0. The van der Waals surface area contributed by atoms with E-state index in [2.05, 4.69) is 10.6 Å². The second kappa shape index (κ2) is 8.52. The number of para-hydroxylation sites is 1. The van der Waals surface area contributed by atoms with Gasteiger partial charge in [0.2, 0.25) is 5.91 Å². The maximum absolute atomic E-state index is 13.0. The van der Waals surface area contributed by atoms with Gasteiger partial charge in [-0.15, -0.1) is 0 Å². The standard InChI is InChI=1S/C22H24N4O4/c27-21(24-17-6-2-1-3-7-17)16-5-4-12-25(14-16)22(28)15-8-11-19(23-18-9-10-18)20(13-15)26(29)30/h1-3,6-8,11,13,16,18,23H,4-5,9-10,12,14H2,(H,24,27). The fourth-order valence-corrected chi connectivity index (χ4v) is 3.71. The molecule has 2 N–H and O–H groups in total. The fourth-order valence-electron chi connectivity index (χ4n) is 3.71. The topological polar surface area (TPSA) is 105 Å². The van der Waals surface area contributed by atoms with Crippen LogP contribution in [0.25, 0.3) is 0 Å². The van der Waals surface area contributed by atoms with Gasteiger partial charge in [0.1, 0.15) is 5.69 Å². The number of likely N-dealkylation sites (tertiary alicyclic amines) is 1. The third-order valence-corrected chi connectivity index (χ3v) is 5.50. The average Bonchev–Trinajstić information content (AvgIpc) is 3.58. The number of rotatable bonds is 6. The third kappa shape index (κ3) is 4.59. The Labute approximate surface area is 174 Å². The minimum absolute atomic E-state index is 0.0943. The Morgan fingerprint density at radius 2 is 1.83 bits per heavy atom. The lowest BCUT2D eigenvalue weighted by atomic mass is 9.96. The summed E-state index contributed by atoms with van der Waals surface area (Å²) in [4.78, 5) is 38.3. The first-order valence-electron chi connectivity index (χ1n) is 10.2. The number of nitro benzene ring substituents is 1. The molecule has 0 aromatic heterocycles. The van der Waals surface area contributed by atoms with Crippen molar-refractivity contribution in [2.45, 2.75) is 31.7 Å². The van der Waals surface area contributed by atoms with Crippen molar-refractivity contribution in [3.63, 3.8) is 0 Å². The van der Waals surface area contributed by atoms with Gasteiger partial charge in [-0.25, -0.2) is 0 Å². The van der Waals surface area contributed by atoms with Crippen molar-refractivity contribution in [1.82, 2.24) is 4.90 Å². The van der Waals surface area contributed by atoms with Crippen LogP contribution in [0.3, 0.4) is 0 Å². The molecular formula is C22H24N4O4. The van der Waals surface area contributed by atoms with Crippen molar-refractivity contribution < 1.29 is 14.5 Å². The smallest absolute Gasteiger partial charge is 0.293 e. The van der Waals surface area contributed by atoms with Gasteiger partial charge in [-0.3, -0.25) is 19.7 Å². The van der Waals surface area contributed by atoms with E-state index in [4.69, 9.17) is 0 Å². The van der Waals surface area contributed by atoms with Crippen molar-refractivity contribution in [3.05, 3.63) is 64.2 Å². The predicted molar refractivity (Wildman–Crippen MR) is 113 cm³/mol. The molecular weight excluding hydrogens is 384 g/mol. The van der Waals surface area contributed by atoms with Crippen molar-refractivity contribution in [1.29, 1.82) is 0 Å². The molecule has 8 nitrogen and oxygen atoms in total. The Hall–Kier alpha value is -3.42. The van der Waals surface area contributed by atoms with Crippen LogP contribution in [0.1, 0.15) is 36.0 Å². The van der Waals surface area contributed by atoms with E-state index in [1.165, 1.54) is 6.07 Å². The second-order valence-corrected chi connectivity index (χ2v) is 7.85. The van der Waals surface area contributed by atoms with Gasteiger partial charge >= 0.3 is 0 Å². The molecule has 8 heteroatoms. The average molecular weight is 408 g/mol. The summed E-state index contributed by atoms with van der Waals surface area (Å²) in [5, 5.41) is 17.5. The predicted octanol–water partition coefficient (Wildman–Crippen LogP) is 3.66. The lowest BCUT2D eigenvalue weighted by Crippen LogP contribution is -2.43. The summed E-state index contributed by atoms with van der Waals surface area (Å²) in [6.07, 6.45) is 3.41. The number of hydrogen-bond donors (Lipinski definition) is 2. The molecule has 2 amide bonds. The molecule has 1 aliphatic carbocycles. The van der Waals surface area contributed by atoms with Crippen LogP contribution < -0.4 is 10.6 Å². The van der Waals surface area contributed by atoms with Gasteiger partial charge in [0, 0.05) is 36.4 Å². The fraction of sp³-hybridized carbons (Fsp3) is 0.364. The van der Waals surface area contributed by atoms with Crippen LogP contribution in [0.15, 0.2) is 48.5 Å². The molecule has 0 spiro atoms. The minimum Gasteiger partial charge on any atom is -0.377 e. The second-order valence-electron chi connectivity index (χ2n) is 7.85. The number of nitrogens with one attached hydrogen (secondary N) is 2. The summed E-state index contributed by atoms with van der Waals surface area (Å²) in [5.41, 5.74) is 1.34. The van der Waals surface area contributed by atoms with Gasteiger partial charge in [-0.05, 0) is 49.9 Å². The summed E-state index contributed by atoms with van der Waals surface area (Å²) in [5.74, 6) is -0.712. The first-order valence-corrected chi connectivity index (χ1v) is 10.2. The number of anilines is 2. The van der Waals surface area contributed by atoms with Gasteiger partial charge in [0.25, 0.3) is 11.6 Å². The van der Waals surface area contributed by atoms with Crippen LogP contribution >= 0.6 is 0 Å². The zero-order valence-corrected chi connectivity index (χ0v) is 16.5. The highest BCUT2D eigenvalue weighted by atomic mass is 16.6. The monoisotopic (exact) mass is 408 g/mol. The number of benzene rings is 2. The summed E-state index contributed by atoms with van der Waals surface area (Å²) in [6.45, 7) is 0.831. The van der Waals surface area contributed by atoms with Crippen LogP contribution in [0, 0.1) is 16.0 Å². The van der Waals surface area contributed by atoms with E-state index in [0.29, 0.717) is 31.6 Å². The quantitative estimate of drug-likeness (QED) is 0.561. The normalized spacial score (nSPS) is 18.5. The van der Waals surface area contributed by atoms with E-state index >= 15 is 0 Å². The van der Waals surface area contributed by atoms with Gasteiger partial charge in [0.05, 0.1) is 10.8 Å². The number of nitrogens with zero attached hydrogens (tertiary/aromatic N) is 2. The zero-order valence-electron chi connectivity index (χ0n) is 16.5. The Bertz CT molecular complexity index is 959. The molecule has 156 valence electrons.